The maximum absolute atomic E-state index is 6.17. The number of para-hydroxylation sites is 1. The van der Waals surface area contributed by atoms with Gasteiger partial charge in [-0.05, 0) is 48.2 Å². The van der Waals surface area contributed by atoms with Gasteiger partial charge in [0.15, 0.2) is 0 Å². The van der Waals surface area contributed by atoms with E-state index >= 15 is 0 Å². The van der Waals surface area contributed by atoms with Crippen LogP contribution in [0.4, 0.5) is 5.69 Å². The molecule has 2 aromatic carbocycles. The summed E-state index contributed by atoms with van der Waals surface area (Å²) in [7, 11) is 0. The molecule has 1 nitrogen and oxygen atoms in total. The molecular formula is C15H13Cl2N. The maximum atomic E-state index is 6.17. The third-order valence-electron chi connectivity index (χ3n) is 3.39. The number of rotatable bonds is 2. The molecule has 0 saturated carbocycles. The highest BCUT2D eigenvalue weighted by Crippen LogP contribution is 2.36. The molecule has 0 aromatic heterocycles. The average Bonchev–Trinajstić information content (AvgIpc) is 2.74. The summed E-state index contributed by atoms with van der Waals surface area (Å²) >= 11 is 12.2. The summed E-state index contributed by atoms with van der Waals surface area (Å²) in [6, 6.07) is 14.3. The Labute approximate surface area is 117 Å². The molecule has 3 rings (SSSR count). The third-order valence-corrected chi connectivity index (χ3v) is 3.95. The van der Waals surface area contributed by atoms with Gasteiger partial charge in [-0.25, -0.2) is 0 Å². The predicted octanol–water partition coefficient (Wildman–Crippen LogP) is 5.09. The topological polar surface area (TPSA) is 12.0 Å². The standard InChI is InChI=1S/C15H13Cl2N/c16-11-6-7-12-10(9-11)5-8-14(12)18-15-4-2-1-3-13(15)17/h1-4,6-7,9,14,18H,5,8H2. The van der Waals surface area contributed by atoms with Crippen LogP contribution < -0.4 is 5.32 Å². The molecule has 2 aromatic rings. The summed E-state index contributed by atoms with van der Waals surface area (Å²) in [6.45, 7) is 0. The first kappa shape index (κ1) is 11.9. The molecule has 3 heteroatoms. The summed E-state index contributed by atoms with van der Waals surface area (Å²) in [5.74, 6) is 0. The highest BCUT2D eigenvalue weighted by Gasteiger charge is 2.22. The molecule has 1 atom stereocenters. The number of hydrogen-bond donors (Lipinski definition) is 1. The zero-order valence-electron chi connectivity index (χ0n) is 9.79. The lowest BCUT2D eigenvalue weighted by molar-refractivity contribution is 0.762. The number of aryl methyl sites for hydroxylation is 1. The van der Waals surface area contributed by atoms with Crippen molar-refractivity contribution in [2.45, 2.75) is 18.9 Å². The molecule has 92 valence electrons. The van der Waals surface area contributed by atoms with E-state index in [0.717, 1.165) is 28.6 Å². The van der Waals surface area contributed by atoms with Crippen molar-refractivity contribution in [2.24, 2.45) is 0 Å². The highest BCUT2D eigenvalue weighted by molar-refractivity contribution is 6.33. The van der Waals surface area contributed by atoms with Crippen LogP contribution in [0.1, 0.15) is 23.6 Å². The quantitative estimate of drug-likeness (QED) is 0.806. The van der Waals surface area contributed by atoms with Crippen LogP contribution in [0.15, 0.2) is 42.5 Å². The Balaban J connectivity index is 1.87. The number of fused-ring (bicyclic) bond motifs is 1. The van der Waals surface area contributed by atoms with Gasteiger partial charge in [-0.15, -0.1) is 0 Å². The summed E-state index contributed by atoms with van der Waals surface area (Å²) in [4.78, 5) is 0. The number of benzene rings is 2. The monoisotopic (exact) mass is 277 g/mol. The second-order valence-corrected chi connectivity index (χ2v) is 5.40. The van der Waals surface area contributed by atoms with Crippen LogP contribution in [0.2, 0.25) is 10.0 Å². The normalized spacial score (nSPS) is 17.6. The minimum Gasteiger partial charge on any atom is -0.377 e. The van der Waals surface area contributed by atoms with E-state index < -0.39 is 0 Å². The molecule has 0 spiro atoms. The van der Waals surface area contributed by atoms with Gasteiger partial charge in [-0.1, -0.05) is 41.4 Å². The number of nitrogens with one attached hydrogen (secondary N) is 1. The van der Waals surface area contributed by atoms with Gasteiger partial charge in [0.05, 0.1) is 16.8 Å². The van der Waals surface area contributed by atoms with Crippen molar-refractivity contribution in [3.63, 3.8) is 0 Å². The van der Waals surface area contributed by atoms with Crippen LogP contribution in [-0.2, 0) is 6.42 Å². The van der Waals surface area contributed by atoms with Crippen LogP contribution in [-0.4, -0.2) is 0 Å². The van der Waals surface area contributed by atoms with Crippen molar-refractivity contribution in [3.05, 3.63) is 63.6 Å². The zero-order chi connectivity index (χ0) is 12.5. The molecule has 1 unspecified atom stereocenters. The third kappa shape index (κ3) is 2.21. The lowest BCUT2D eigenvalue weighted by Gasteiger charge is -2.16. The molecule has 0 amide bonds. The molecule has 18 heavy (non-hydrogen) atoms. The Hall–Kier alpha value is -1.18. The largest absolute Gasteiger partial charge is 0.377 e. The molecule has 0 bridgehead atoms. The predicted molar refractivity (Wildman–Crippen MR) is 77.6 cm³/mol. The van der Waals surface area contributed by atoms with E-state index in [1.165, 1.54) is 11.1 Å². The Morgan fingerprint density at radius 3 is 2.72 bits per heavy atom. The lowest BCUT2D eigenvalue weighted by atomic mass is 10.1. The van der Waals surface area contributed by atoms with Gasteiger partial charge in [0.1, 0.15) is 0 Å². The number of halogens is 2. The fourth-order valence-electron chi connectivity index (χ4n) is 2.50. The molecule has 0 fully saturated rings. The molecule has 0 aliphatic heterocycles. The van der Waals surface area contributed by atoms with Crippen LogP contribution in [0, 0.1) is 0 Å². The van der Waals surface area contributed by atoms with Gasteiger partial charge in [-0.2, -0.15) is 0 Å². The summed E-state index contributed by atoms with van der Waals surface area (Å²) in [5, 5.41) is 5.09. The Bertz CT molecular complexity index is 580. The zero-order valence-corrected chi connectivity index (χ0v) is 11.3. The van der Waals surface area contributed by atoms with Crippen LogP contribution >= 0.6 is 23.2 Å². The van der Waals surface area contributed by atoms with E-state index in [1.54, 1.807) is 0 Å². The first-order valence-corrected chi connectivity index (χ1v) is 6.79. The lowest BCUT2D eigenvalue weighted by Crippen LogP contribution is -2.07. The summed E-state index contributed by atoms with van der Waals surface area (Å²) in [6.07, 6.45) is 2.15. The second kappa shape index (κ2) is 4.83. The first-order valence-electron chi connectivity index (χ1n) is 6.03. The Morgan fingerprint density at radius 2 is 1.89 bits per heavy atom. The Morgan fingerprint density at radius 1 is 1.06 bits per heavy atom. The van der Waals surface area contributed by atoms with Crippen molar-refractivity contribution < 1.29 is 0 Å². The van der Waals surface area contributed by atoms with Crippen LogP contribution in [0.3, 0.4) is 0 Å². The molecule has 0 saturated heterocycles. The number of anilines is 1. The fraction of sp³-hybridized carbons (Fsp3) is 0.200. The van der Waals surface area contributed by atoms with Gasteiger partial charge in [0.25, 0.3) is 0 Å². The van der Waals surface area contributed by atoms with E-state index in [4.69, 9.17) is 23.2 Å². The van der Waals surface area contributed by atoms with Crippen molar-refractivity contribution in [1.29, 1.82) is 0 Å². The molecule has 1 N–H and O–H groups in total. The molecule has 0 heterocycles. The van der Waals surface area contributed by atoms with E-state index in [0.29, 0.717) is 6.04 Å². The molecule has 1 aliphatic carbocycles. The van der Waals surface area contributed by atoms with Crippen molar-refractivity contribution in [2.75, 3.05) is 5.32 Å². The summed E-state index contributed by atoms with van der Waals surface area (Å²) in [5.41, 5.74) is 3.67. The van der Waals surface area contributed by atoms with Crippen molar-refractivity contribution in [3.8, 4) is 0 Å². The SMILES string of the molecule is Clc1ccc2c(c1)CCC2Nc1ccccc1Cl. The maximum Gasteiger partial charge on any atom is 0.0637 e. The van der Waals surface area contributed by atoms with E-state index in [1.807, 2.05) is 30.3 Å². The average molecular weight is 278 g/mol. The molecule has 0 radical (unpaired) electrons. The van der Waals surface area contributed by atoms with Gasteiger partial charge in [0, 0.05) is 5.02 Å². The van der Waals surface area contributed by atoms with Crippen molar-refractivity contribution >= 4 is 28.9 Å². The van der Waals surface area contributed by atoms with Gasteiger partial charge in [0.2, 0.25) is 0 Å². The Kier molecular flexibility index (Phi) is 3.19. The number of hydrogen-bond acceptors (Lipinski definition) is 1. The van der Waals surface area contributed by atoms with E-state index in [9.17, 15) is 0 Å². The van der Waals surface area contributed by atoms with Gasteiger partial charge in [-0.3, -0.25) is 0 Å². The van der Waals surface area contributed by atoms with E-state index in [-0.39, 0.29) is 0 Å². The van der Waals surface area contributed by atoms with E-state index in [2.05, 4.69) is 17.4 Å². The van der Waals surface area contributed by atoms with Crippen molar-refractivity contribution in [1.82, 2.24) is 0 Å². The van der Waals surface area contributed by atoms with Crippen LogP contribution in [0.25, 0.3) is 0 Å². The second-order valence-electron chi connectivity index (χ2n) is 4.56. The molecular weight excluding hydrogens is 265 g/mol. The van der Waals surface area contributed by atoms with Gasteiger partial charge >= 0.3 is 0 Å². The minimum absolute atomic E-state index is 0.331. The summed E-state index contributed by atoms with van der Waals surface area (Å²) < 4.78 is 0. The fourth-order valence-corrected chi connectivity index (χ4v) is 2.89. The van der Waals surface area contributed by atoms with Gasteiger partial charge < -0.3 is 5.32 Å². The first-order chi connectivity index (χ1) is 8.74. The smallest absolute Gasteiger partial charge is 0.0637 e. The highest BCUT2D eigenvalue weighted by atomic mass is 35.5. The minimum atomic E-state index is 0.331. The van der Waals surface area contributed by atoms with Crippen LogP contribution in [0.5, 0.6) is 0 Å². The molecule has 1 aliphatic rings.